The molecule has 0 aliphatic carbocycles. The summed E-state index contributed by atoms with van der Waals surface area (Å²) in [7, 11) is 2.98. The van der Waals surface area contributed by atoms with Crippen molar-refractivity contribution in [1.82, 2.24) is 10.2 Å². The minimum Gasteiger partial charge on any atom is -0.493 e. The summed E-state index contributed by atoms with van der Waals surface area (Å²) in [5, 5.41) is 2.58. The monoisotopic (exact) mass is 348 g/mol. The maximum Gasteiger partial charge on any atom is 0.335 e. The Kier molecular flexibility index (Phi) is 5.63. The van der Waals surface area contributed by atoms with Gasteiger partial charge in [-0.25, -0.2) is 9.59 Å². The van der Waals surface area contributed by atoms with Crippen LogP contribution in [0.3, 0.4) is 0 Å². The lowest BCUT2D eigenvalue weighted by molar-refractivity contribution is -0.138. The van der Waals surface area contributed by atoms with Gasteiger partial charge in [0.05, 0.1) is 27.4 Å². The van der Waals surface area contributed by atoms with Gasteiger partial charge in [0.15, 0.2) is 11.5 Å². The van der Waals surface area contributed by atoms with Crippen LogP contribution in [0.4, 0.5) is 4.79 Å². The Morgan fingerprint density at radius 1 is 1.24 bits per heavy atom. The van der Waals surface area contributed by atoms with E-state index in [0.29, 0.717) is 17.1 Å². The third kappa shape index (κ3) is 3.73. The molecule has 1 atom stereocenters. The Hall–Kier alpha value is -3.03. The molecule has 0 saturated carbocycles. The van der Waals surface area contributed by atoms with Crippen LogP contribution in [0, 0.1) is 0 Å². The average molecular weight is 348 g/mol. The molecule has 0 radical (unpaired) electrons. The lowest BCUT2D eigenvalue weighted by Crippen LogP contribution is -2.34. The minimum atomic E-state index is -0.873. The number of methoxy groups -OCH3 is 2. The zero-order chi connectivity index (χ0) is 18.6. The molecule has 1 unspecified atom stereocenters. The molecule has 1 fully saturated rings. The molecule has 1 aromatic carbocycles. The highest BCUT2D eigenvalue weighted by Crippen LogP contribution is 2.32. The van der Waals surface area contributed by atoms with Crippen molar-refractivity contribution in [2.45, 2.75) is 13.0 Å². The van der Waals surface area contributed by atoms with E-state index in [1.807, 2.05) is 0 Å². The van der Waals surface area contributed by atoms with Crippen molar-refractivity contribution >= 4 is 17.9 Å². The number of urea groups is 1. The molecule has 1 saturated heterocycles. The fraction of sp³-hybridized carbons (Fsp3) is 0.353. The number of nitrogens with one attached hydrogen (secondary N) is 1. The van der Waals surface area contributed by atoms with E-state index in [4.69, 9.17) is 14.2 Å². The van der Waals surface area contributed by atoms with Crippen LogP contribution >= 0.6 is 0 Å². The number of carbonyl (C=O) groups is 3. The second-order valence-corrected chi connectivity index (χ2v) is 5.25. The van der Waals surface area contributed by atoms with Gasteiger partial charge in [-0.1, -0.05) is 12.6 Å². The number of amides is 3. The number of benzene rings is 1. The zero-order valence-corrected chi connectivity index (χ0v) is 14.3. The van der Waals surface area contributed by atoms with Gasteiger partial charge in [-0.05, 0) is 24.6 Å². The maximum atomic E-state index is 12.6. The number of rotatable bonds is 7. The molecule has 134 valence electrons. The molecule has 1 aliphatic rings. The molecule has 1 heterocycles. The standard InChI is InChI=1S/C17H20N2O6/c1-5-25-16(21)10(2)9-19-15(20)14(18-17(19)22)11-6-7-12(23-3)13(8-11)24-4/h6-8,14H,2,5,9H2,1,3-4H3,(H,18,22). The Balaban J connectivity index is 2.18. The van der Waals surface area contributed by atoms with Gasteiger partial charge < -0.3 is 19.5 Å². The van der Waals surface area contributed by atoms with Crippen molar-refractivity contribution in [2.24, 2.45) is 0 Å². The Labute approximate surface area is 145 Å². The highest BCUT2D eigenvalue weighted by Gasteiger charge is 2.40. The Morgan fingerprint density at radius 3 is 2.52 bits per heavy atom. The highest BCUT2D eigenvalue weighted by molar-refractivity contribution is 6.05. The molecule has 25 heavy (non-hydrogen) atoms. The number of esters is 1. The predicted molar refractivity (Wildman–Crippen MR) is 88.3 cm³/mol. The van der Waals surface area contributed by atoms with Crippen molar-refractivity contribution in [3.05, 3.63) is 35.9 Å². The fourth-order valence-corrected chi connectivity index (χ4v) is 2.42. The third-order valence-electron chi connectivity index (χ3n) is 3.68. The number of carbonyl (C=O) groups excluding carboxylic acids is 3. The molecule has 1 N–H and O–H groups in total. The van der Waals surface area contributed by atoms with E-state index in [-0.39, 0.29) is 18.7 Å². The van der Waals surface area contributed by atoms with E-state index < -0.39 is 23.9 Å². The van der Waals surface area contributed by atoms with E-state index >= 15 is 0 Å². The van der Waals surface area contributed by atoms with Crippen molar-refractivity contribution in [1.29, 1.82) is 0 Å². The van der Waals surface area contributed by atoms with E-state index in [1.165, 1.54) is 14.2 Å². The lowest BCUT2D eigenvalue weighted by Gasteiger charge is -2.15. The van der Waals surface area contributed by atoms with Crippen LogP contribution in [0.2, 0.25) is 0 Å². The van der Waals surface area contributed by atoms with E-state index in [1.54, 1.807) is 25.1 Å². The van der Waals surface area contributed by atoms with E-state index in [2.05, 4.69) is 11.9 Å². The molecular formula is C17H20N2O6. The summed E-state index contributed by atoms with van der Waals surface area (Å²) in [5.41, 5.74) is 0.568. The van der Waals surface area contributed by atoms with Crippen LogP contribution in [0.1, 0.15) is 18.5 Å². The van der Waals surface area contributed by atoms with Crippen LogP contribution < -0.4 is 14.8 Å². The van der Waals surface area contributed by atoms with Gasteiger partial charge in [0.1, 0.15) is 6.04 Å². The van der Waals surface area contributed by atoms with Gasteiger partial charge in [-0.3, -0.25) is 9.69 Å². The van der Waals surface area contributed by atoms with Crippen LogP contribution in [0.25, 0.3) is 0 Å². The molecule has 1 aromatic rings. The van der Waals surface area contributed by atoms with Crippen LogP contribution in [-0.4, -0.2) is 50.2 Å². The molecule has 8 heteroatoms. The second kappa shape index (κ2) is 7.69. The summed E-state index contributed by atoms with van der Waals surface area (Å²) < 4.78 is 15.2. The van der Waals surface area contributed by atoms with Crippen LogP contribution in [-0.2, 0) is 14.3 Å². The largest absolute Gasteiger partial charge is 0.493 e. The zero-order valence-electron chi connectivity index (χ0n) is 14.3. The highest BCUT2D eigenvalue weighted by atomic mass is 16.5. The predicted octanol–water partition coefficient (Wildman–Crippen LogP) is 1.42. The van der Waals surface area contributed by atoms with E-state index in [9.17, 15) is 14.4 Å². The summed E-state index contributed by atoms with van der Waals surface area (Å²) in [4.78, 5) is 37.2. The maximum absolute atomic E-state index is 12.6. The Morgan fingerprint density at radius 2 is 1.92 bits per heavy atom. The summed E-state index contributed by atoms with van der Waals surface area (Å²) in [6.07, 6.45) is 0. The van der Waals surface area contributed by atoms with Gasteiger partial charge >= 0.3 is 12.0 Å². The van der Waals surface area contributed by atoms with Crippen molar-refractivity contribution < 1.29 is 28.6 Å². The summed E-state index contributed by atoms with van der Waals surface area (Å²) >= 11 is 0. The molecular weight excluding hydrogens is 328 g/mol. The number of hydrogen-bond acceptors (Lipinski definition) is 6. The van der Waals surface area contributed by atoms with Gasteiger partial charge in [0, 0.05) is 5.57 Å². The number of hydrogen-bond donors (Lipinski definition) is 1. The van der Waals surface area contributed by atoms with Crippen LogP contribution in [0.5, 0.6) is 11.5 Å². The lowest BCUT2D eigenvalue weighted by atomic mass is 10.1. The second-order valence-electron chi connectivity index (χ2n) is 5.25. The Bertz CT molecular complexity index is 715. The first-order valence-corrected chi connectivity index (χ1v) is 7.61. The van der Waals surface area contributed by atoms with Gasteiger partial charge in [0.2, 0.25) is 0 Å². The minimum absolute atomic E-state index is 0.0262. The quantitative estimate of drug-likeness (QED) is 0.455. The normalized spacial score (nSPS) is 16.4. The molecule has 2 rings (SSSR count). The molecule has 8 nitrogen and oxygen atoms in total. The average Bonchev–Trinajstić information content (AvgIpc) is 2.89. The first-order chi connectivity index (χ1) is 11.9. The van der Waals surface area contributed by atoms with Crippen molar-refractivity contribution in [3.8, 4) is 11.5 Å². The number of imide groups is 1. The number of nitrogens with zero attached hydrogens (tertiary/aromatic N) is 1. The molecule has 3 amide bonds. The molecule has 0 aromatic heterocycles. The summed E-state index contributed by atoms with van der Waals surface area (Å²) in [6.45, 7) is 5.19. The third-order valence-corrected chi connectivity index (χ3v) is 3.68. The smallest absolute Gasteiger partial charge is 0.335 e. The van der Waals surface area contributed by atoms with Crippen molar-refractivity contribution in [2.75, 3.05) is 27.4 Å². The number of ether oxygens (including phenoxy) is 3. The van der Waals surface area contributed by atoms with Gasteiger partial charge in [0.25, 0.3) is 5.91 Å². The topological polar surface area (TPSA) is 94.2 Å². The van der Waals surface area contributed by atoms with Crippen LogP contribution in [0.15, 0.2) is 30.4 Å². The van der Waals surface area contributed by atoms with E-state index in [0.717, 1.165) is 4.90 Å². The first kappa shape index (κ1) is 18.3. The molecule has 0 bridgehead atoms. The molecule has 1 aliphatic heterocycles. The summed E-state index contributed by atoms with van der Waals surface area (Å²) in [5.74, 6) is -0.174. The van der Waals surface area contributed by atoms with Gasteiger partial charge in [-0.2, -0.15) is 0 Å². The fourth-order valence-electron chi connectivity index (χ4n) is 2.42. The van der Waals surface area contributed by atoms with Crippen molar-refractivity contribution in [3.63, 3.8) is 0 Å². The molecule has 0 spiro atoms. The SMILES string of the molecule is C=C(CN1C(=O)NC(c2ccc(OC)c(OC)c2)C1=O)C(=O)OCC. The first-order valence-electron chi connectivity index (χ1n) is 7.61. The summed E-state index contributed by atoms with van der Waals surface area (Å²) in [6, 6.07) is 3.45. The van der Waals surface area contributed by atoms with Gasteiger partial charge in [-0.15, -0.1) is 0 Å².